The Morgan fingerprint density at radius 1 is 1.30 bits per heavy atom. The molecule has 0 fully saturated rings. The van der Waals surface area contributed by atoms with Crippen LogP contribution in [0.15, 0.2) is 24.3 Å². The van der Waals surface area contributed by atoms with E-state index in [9.17, 15) is 0 Å². The highest BCUT2D eigenvalue weighted by Gasteiger charge is 2.09. The largest absolute Gasteiger partial charge is 0.369 e. The molecule has 20 heavy (non-hydrogen) atoms. The Kier molecular flexibility index (Phi) is 5.60. The summed E-state index contributed by atoms with van der Waals surface area (Å²) in [6.07, 6.45) is 1.77. The Bertz CT molecular complexity index is 602. The van der Waals surface area contributed by atoms with Gasteiger partial charge >= 0.3 is 0 Å². The van der Waals surface area contributed by atoms with Crippen LogP contribution in [-0.4, -0.2) is 16.5 Å². The van der Waals surface area contributed by atoms with Gasteiger partial charge in [0.1, 0.15) is 11.6 Å². The first kappa shape index (κ1) is 15.5. The summed E-state index contributed by atoms with van der Waals surface area (Å²) in [7, 11) is 0. The lowest BCUT2D eigenvalue weighted by molar-refractivity contribution is 0.909. The van der Waals surface area contributed by atoms with Gasteiger partial charge in [0.15, 0.2) is 0 Å². The van der Waals surface area contributed by atoms with Crippen molar-refractivity contribution >= 4 is 40.0 Å². The summed E-state index contributed by atoms with van der Waals surface area (Å²) < 4.78 is 1.09. The number of halogens is 2. The van der Waals surface area contributed by atoms with Gasteiger partial charge in [-0.1, -0.05) is 30.7 Å². The van der Waals surface area contributed by atoms with Gasteiger partial charge in [0.2, 0.25) is 0 Å². The predicted molar refractivity (Wildman–Crippen MR) is 92.5 cm³/mol. The number of aromatic nitrogens is 2. The molecule has 0 saturated heterocycles. The monoisotopic (exact) mass is 401 g/mol. The summed E-state index contributed by atoms with van der Waals surface area (Å²) >= 11 is 8.30. The minimum absolute atomic E-state index is 0.694. The molecule has 2 aromatic rings. The second-order valence-electron chi connectivity index (χ2n) is 4.62. The molecule has 1 aromatic heterocycles. The van der Waals surface area contributed by atoms with E-state index in [1.165, 1.54) is 0 Å². The van der Waals surface area contributed by atoms with Gasteiger partial charge < -0.3 is 5.32 Å². The average Bonchev–Trinajstić information content (AvgIpc) is 2.41. The van der Waals surface area contributed by atoms with E-state index in [0.717, 1.165) is 44.5 Å². The number of rotatable bonds is 5. The van der Waals surface area contributed by atoms with Crippen molar-refractivity contribution in [3.05, 3.63) is 49.9 Å². The lowest BCUT2D eigenvalue weighted by Gasteiger charge is -2.11. The van der Waals surface area contributed by atoms with E-state index in [1.54, 1.807) is 0 Å². The van der Waals surface area contributed by atoms with Crippen molar-refractivity contribution in [3.63, 3.8) is 0 Å². The quantitative estimate of drug-likeness (QED) is 0.752. The maximum absolute atomic E-state index is 6.01. The molecule has 0 saturated carbocycles. The van der Waals surface area contributed by atoms with E-state index in [-0.39, 0.29) is 0 Å². The zero-order valence-electron chi connectivity index (χ0n) is 11.6. The fraction of sp³-hybridized carbons (Fsp3) is 0.333. The first-order valence-electron chi connectivity index (χ1n) is 6.61. The minimum atomic E-state index is 0.694. The maximum atomic E-state index is 6.01. The van der Waals surface area contributed by atoms with E-state index in [1.807, 2.05) is 31.2 Å². The number of hydrogen-bond donors (Lipinski definition) is 1. The van der Waals surface area contributed by atoms with Crippen LogP contribution in [0.5, 0.6) is 0 Å². The van der Waals surface area contributed by atoms with Crippen LogP contribution in [0.3, 0.4) is 0 Å². The molecule has 2 rings (SSSR count). The van der Waals surface area contributed by atoms with Crippen LogP contribution < -0.4 is 5.32 Å². The molecule has 0 bridgehead atoms. The summed E-state index contributed by atoms with van der Waals surface area (Å²) in [5, 5.41) is 4.10. The molecule has 1 N–H and O–H groups in total. The molecule has 0 amide bonds. The minimum Gasteiger partial charge on any atom is -0.369 e. The number of benzene rings is 1. The van der Waals surface area contributed by atoms with Crippen LogP contribution in [-0.2, 0) is 6.42 Å². The summed E-state index contributed by atoms with van der Waals surface area (Å²) in [6.45, 7) is 5.08. The molecule has 0 spiro atoms. The molecule has 3 nitrogen and oxygen atoms in total. The summed E-state index contributed by atoms with van der Waals surface area (Å²) in [6, 6.07) is 7.83. The topological polar surface area (TPSA) is 37.8 Å². The number of nitrogens with one attached hydrogen (secondary N) is 1. The number of nitrogens with zero attached hydrogens (tertiary/aromatic N) is 2. The predicted octanol–water partition coefficient (Wildman–Crippen LogP) is 4.46. The Labute approximate surface area is 138 Å². The Balaban J connectivity index is 2.25. The highest BCUT2D eigenvalue weighted by atomic mass is 127. The van der Waals surface area contributed by atoms with Crippen LogP contribution >= 0.6 is 34.2 Å². The van der Waals surface area contributed by atoms with Gasteiger partial charge in [-0.2, -0.15) is 0 Å². The summed E-state index contributed by atoms with van der Waals surface area (Å²) in [5.41, 5.74) is 2.13. The third-order valence-electron chi connectivity index (χ3n) is 2.86. The lowest BCUT2D eigenvalue weighted by Crippen LogP contribution is -2.09. The molecule has 1 heterocycles. The highest BCUT2D eigenvalue weighted by molar-refractivity contribution is 14.1. The standard InChI is InChI=1S/C15H17ClIN3/c1-3-7-18-15-14(17)10(2)19-13(20-15)9-11-5-4-6-12(16)8-11/h4-6,8H,3,7,9H2,1-2H3,(H,18,19,20). The van der Waals surface area contributed by atoms with Crippen molar-refractivity contribution in [2.24, 2.45) is 0 Å². The van der Waals surface area contributed by atoms with E-state index in [2.05, 4.69) is 44.8 Å². The second-order valence-corrected chi connectivity index (χ2v) is 6.14. The summed E-state index contributed by atoms with van der Waals surface area (Å²) in [5.74, 6) is 1.75. The third kappa shape index (κ3) is 4.06. The van der Waals surface area contributed by atoms with Crippen LogP contribution in [0, 0.1) is 10.5 Å². The van der Waals surface area contributed by atoms with E-state index < -0.39 is 0 Å². The van der Waals surface area contributed by atoms with Gasteiger partial charge in [-0.05, 0) is 53.6 Å². The Morgan fingerprint density at radius 2 is 2.10 bits per heavy atom. The first-order valence-corrected chi connectivity index (χ1v) is 8.07. The third-order valence-corrected chi connectivity index (χ3v) is 4.38. The number of hydrogen-bond acceptors (Lipinski definition) is 3. The van der Waals surface area contributed by atoms with Gasteiger partial charge in [-0.25, -0.2) is 9.97 Å². The molecule has 0 aliphatic rings. The number of aryl methyl sites for hydroxylation is 1. The van der Waals surface area contributed by atoms with E-state index in [0.29, 0.717) is 6.42 Å². The van der Waals surface area contributed by atoms with Crippen molar-refractivity contribution < 1.29 is 0 Å². The van der Waals surface area contributed by atoms with E-state index in [4.69, 9.17) is 11.6 Å². The molecule has 0 unspecified atom stereocenters. The smallest absolute Gasteiger partial charge is 0.143 e. The van der Waals surface area contributed by atoms with Crippen LogP contribution in [0.2, 0.25) is 5.02 Å². The average molecular weight is 402 g/mol. The molecule has 0 radical (unpaired) electrons. The summed E-state index contributed by atoms with van der Waals surface area (Å²) in [4.78, 5) is 9.19. The zero-order chi connectivity index (χ0) is 14.5. The van der Waals surface area contributed by atoms with Crippen molar-refractivity contribution in [2.75, 3.05) is 11.9 Å². The molecule has 106 valence electrons. The molecule has 1 aromatic carbocycles. The Morgan fingerprint density at radius 3 is 2.80 bits per heavy atom. The zero-order valence-corrected chi connectivity index (χ0v) is 14.5. The molecule has 0 atom stereocenters. The fourth-order valence-electron chi connectivity index (χ4n) is 1.89. The van der Waals surface area contributed by atoms with Gasteiger partial charge in [0.05, 0.1) is 9.26 Å². The lowest BCUT2D eigenvalue weighted by atomic mass is 10.1. The molecular weight excluding hydrogens is 385 g/mol. The van der Waals surface area contributed by atoms with Gasteiger partial charge in [-0.15, -0.1) is 0 Å². The van der Waals surface area contributed by atoms with E-state index >= 15 is 0 Å². The van der Waals surface area contributed by atoms with Crippen molar-refractivity contribution in [1.29, 1.82) is 0 Å². The normalized spacial score (nSPS) is 10.6. The first-order chi connectivity index (χ1) is 9.60. The number of anilines is 1. The van der Waals surface area contributed by atoms with Crippen molar-refractivity contribution in [1.82, 2.24) is 9.97 Å². The van der Waals surface area contributed by atoms with Crippen LogP contribution in [0.25, 0.3) is 0 Å². The second kappa shape index (κ2) is 7.22. The SMILES string of the molecule is CCCNc1nc(Cc2cccc(Cl)c2)nc(C)c1I. The van der Waals surface area contributed by atoms with Gasteiger partial charge in [-0.3, -0.25) is 0 Å². The van der Waals surface area contributed by atoms with Crippen molar-refractivity contribution in [2.45, 2.75) is 26.7 Å². The molecule has 0 aliphatic carbocycles. The molecular formula is C15H17ClIN3. The molecule has 0 aliphatic heterocycles. The van der Waals surface area contributed by atoms with Crippen molar-refractivity contribution in [3.8, 4) is 0 Å². The molecule has 5 heteroatoms. The Hall–Kier alpha value is -0.880. The highest BCUT2D eigenvalue weighted by Crippen LogP contribution is 2.20. The fourth-order valence-corrected chi connectivity index (χ4v) is 2.53. The van der Waals surface area contributed by atoms with Crippen LogP contribution in [0.4, 0.5) is 5.82 Å². The van der Waals surface area contributed by atoms with Crippen LogP contribution in [0.1, 0.15) is 30.4 Å². The maximum Gasteiger partial charge on any atom is 0.143 e. The van der Waals surface area contributed by atoms with Gasteiger partial charge in [0.25, 0.3) is 0 Å². The van der Waals surface area contributed by atoms with Gasteiger partial charge in [0, 0.05) is 18.0 Å².